The number of carboxylic acids is 1. The van der Waals surface area contributed by atoms with Gasteiger partial charge in [-0.25, -0.2) is 0 Å². The van der Waals surface area contributed by atoms with Crippen LogP contribution in [0.1, 0.15) is 33.1 Å². The van der Waals surface area contributed by atoms with Gasteiger partial charge in [-0.05, 0) is 37.2 Å². The van der Waals surface area contributed by atoms with Crippen LogP contribution >= 0.6 is 11.8 Å². The van der Waals surface area contributed by atoms with E-state index < -0.39 is 48.4 Å². The molecular weight excluding hydrogens is 426 g/mol. The van der Waals surface area contributed by atoms with Crippen LogP contribution in [0.15, 0.2) is 0 Å². The molecule has 0 saturated carbocycles. The molecule has 0 aromatic carbocycles. The summed E-state index contributed by atoms with van der Waals surface area (Å²) in [5.74, 6) is -2.60. The molecule has 1 rings (SSSR count). The van der Waals surface area contributed by atoms with Crippen LogP contribution in [0.5, 0.6) is 0 Å². The number of nitrogens with zero attached hydrogens (tertiary/aromatic N) is 1. The van der Waals surface area contributed by atoms with Gasteiger partial charge in [-0.2, -0.15) is 11.8 Å². The molecule has 1 aliphatic heterocycles. The minimum Gasteiger partial charge on any atom is -0.480 e. The maximum atomic E-state index is 12.6. The Morgan fingerprint density at radius 2 is 1.84 bits per heavy atom. The summed E-state index contributed by atoms with van der Waals surface area (Å²) in [5, 5.41) is 16.0. The zero-order chi connectivity index (χ0) is 23.6. The zero-order valence-corrected chi connectivity index (χ0v) is 19.0. The largest absolute Gasteiger partial charge is 0.480 e. The van der Waals surface area contributed by atoms with E-state index in [9.17, 15) is 24.0 Å². The number of hydrogen-bond donors (Lipinski definition) is 5. The summed E-state index contributed by atoms with van der Waals surface area (Å²) >= 11 is 1.48. The van der Waals surface area contributed by atoms with Gasteiger partial charge >= 0.3 is 5.97 Å². The first-order valence-electron chi connectivity index (χ1n) is 10.2. The van der Waals surface area contributed by atoms with Crippen molar-refractivity contribution in [3.05, 3.63) is 0 Å². The average molecular weight is 460 g/mol. The maximum Gasteiger partial charge on any atom is 0.322 e. The number of amides is 4. The number of thioether (sulfide) groups is 1. The number of rotatable bonds is 12. The Bertz CT molecular complexity index is 674. The quantitative estimate of drug-likeness (QED) is 0.235. The van der Waals surface area contributed by atoms with E-state index in [0.29, 0.717) is 31.6 Å². The van der Waals surface area contributed by atoms with E-state index in [1.54, 1.807) is 0 Å². The monoisotopic (exact) mass is 459 g/mol. The van der Waals surface area contributed by atoms with Crippen LogP contribution in [-0.2, 0) is 24.0 Å². The lowest BCUT2D eigenvalue weighted by molar-refractivity contribution is -0.140. The number of nitrogens with one attached hydrogen (secondary N) is 3. The Morgan fingerprint density at radius 1 is 1.16 bits per heavy atom. The molecule has 31 heavy (non-hydrogen) atoms. The van der Waals surface area contributed by atoms with Crippen molar-refractivity contribution < 1.29 is 29.1 Å². The molecule has 0 radical (unpaired) electrons. The van der Waals surface area contributed by atoms with E-state index in [1.807, 2.05) is 20.1 Å². The first-order valence-corrected chi connectivity index (χ1v) is 11.6. The molecule has 0 bridgehead atoms. The van der Waals surface area contributed by atoms with E-state index in [1.165, 1.54) is 16.7 Å². The molecule has 1 aliphatic rings. The highest BCUT2D eigenvalue weighted by Gasteiger charge is 2.36. The first-order chi connectivity index (χ1) is 14.6. The number of carbonyl (C=O) groups excluding carboxylic acids is 4. The molecule has 0 unspecified atom stereocenters. The predicted molar refractivity (Wildman–Crippen MR) is 116 cm³/mol. The third kappa shape index (κ3) is 8.74. The van der Waals surface area contributed by atoms with Gasteiger partial charge in [0.05, 0.1) is 12.6 Å². The number of aliphatic carboxylic acids is 1. The van der Waals surface area contributed by atoms with Crippen molar-refractivity contribution in [2.75, 3.05) is 31.6 Å². The molecule has 6 N–H and O–H groups in total. The van der Waals surface area contributed by atoms with Crippen molar-refractivity contribution in [3.8, 4) is 0 Å². The summed E-state index contributed by atoms with van der Waals surface area (Å²) in [5.41, 5.74) is 5.93. The third-order valence-corrected chi connectivity index (χ3v) is 5.59. The fourth-order valence-corrected chi connectivity index (χ4v) is 3.57. The third-order valence-electron chi connectivity index (χ3n) is 4.94. The number of likely N-dealkylation sites (tertiary alicyclic amines) is 1. The van der Waals surface area contributed by atoms with Crippen LogP contribution in [0.4, 0.5) is 0 Å². The van der Waals surface area contributed by atoms with Crippen LogP contribution in [0.3, 0.4) is 0 Å². The van der Waals surface area contributed by atoms with E-state index in [4.69, 9.17) is 10.8 Å². The number of hydrogen-bond acceptors (Lipinski definition) is 7. The van der Waals surface area contributed by atoms with Gasteiger partial charge in [0.1, 0.15) is 18.6 Å². The summed E-state index contributed by atoms with van der Waals surface area (Å²) < 4.78 is 0. The zero-order valence-electron chi connectivity index (χ0n) is 18.2. The maximum absolute atomic E-state index is 12.6. The van der Waals surface area contributed by atoms with Gasteiger partial charge in [0.25, 0.3) is 0 Å². The van der Waals surface area contributed by atoms with Gasteiger partial charge in [0.15, 0.2) is 0 Å². The van der Waals surface area contributed by atoms with Crippen molar-refractivity contribution in [1.29, 1.82) is 0 Å². The lowest BCUT2D eigenvalue weighted by atomic mass is 10.0. The summed E-state index contributed by atoms with van der Waals surface area (Å²) in [4.78, 5) is 61.6. The van der Waals surface area contributed by atoms with Crippen molar-refractivity contribution in [2.24, 2.45) is 11.7 Å². The second-order valence-electron chi connectivity index (χ2n) is 7.69. The van der Waals surface area contributed by atoms with Gasteiger partial charge < -0.3 is 31.7 Å². The van der Waals surface area contributed by atoms with Gasteiger partial charge in [-0.3, -0.25) is 24.0 Å². The van der Waals surface area contributed by atoms with Crippen molar-refractivity contribution in [2.45, 2.75) is 51.2 Å². The summed E-state index contributed by atoms with van der Waals surface area (Å²) in [6.45, 7) is 3.18. The Balaban J connectivity index is 2.61. The van der Waals surface area contributed by atoms with E-state index in [0.717, 1.165) is 0 Å². The van der Waals surface area contributed by atoms with Gasteiger partial charge in [-0.15, -0.1) is 0 Å². The van der Waals surface area contributed by atoms with Gasteiger partial charge in [-0.1, -0.05) is 13.8 Å². The number of nitrogens with two attached hydrogens (primary N) is 1. The fourth-order valence-electron chi connectivity index (χ4n) is 3.10. The topological polar surface area (TPSA) is 171 Å². The Labute approximate surface area is 186 Å². The minimum atomic E-state index is -1.19. The average Bonchev–Trinajstić information content (AvgIpc) is 3.21. The lowest BCUT2D eigenvalue weighted by Crippen LogP contribution is -2.54. The molecule has 11 nitrogen and oxygen atoms in total. The highest BCUT2D eigenvalue weighted by molar-refractivity contribution is 7.98. The summed E-state index contributed by atoms with van der Waals surface area (Å²) in [7, 11) is 0. The van der Waals surface area contributed by atoms with Crippen LogP contribution in [0.25, 0.3) is 0 Å². The summed E-state index contributed by atoms with van der Waals surface area (Å²) in [6.07, 6.45) is 3.30. The molecule has 0 aromatic rings. The fraction of sp³-hybridized carbons (Fsp3) is 0.737. The SMILES string of the molecule is CSCC[C@H](NC(=O)CNC(=O)[C@@H]1CCCN1C(=O)[C@@H](N)C(C)C)C(=O)NCC(=O)O. The van der Waals surface area contributed by atoms with Crippen LogP contribution in [0, 0.1) is 5.92 Å². The Morgan fingerprint density at radius 3 is 2.42 bits per heavy atom. The molecule has 1 heterocycles. The molecule has 0 aliphatic carbocycles. The molecule has 12 heteroatoms. The Kier molecular flexibility index (Phi) is 11.3. The van der Waals surface area contributed by atoms with Gasteiger partial charge in [0, 0.05) is 6.54 Å². The normalized spacial score (nSPS) is 17.7. The van der Waals surface area contributed by atoms with Crippen molar-refractivity contribution in [3.63, 3.8) is 0 Å². The molecule has 4 amide bonds. The molecule has 176 valence electrons. The van der Waals surface area contributed by atoms with Crippen LogP contribution < -0.4 is 21.7 Å². The van der Waals surface area contributed by atoms with Crippen LogP contribution in [-0.4, -0.2) is 89.4 Å². The van der Waals surface area contributed by atoms with Crippen molar-refractivity contribution >= 4 is 41.4 Å². The molecular formula is C19H33N5O6S. The highest BCUT2D eigenvalue weighted by Crippen LogP contribution is 2.19. The molecule has 1 saturated heterocycles. The number of carbonyl (C=O) groups is 5. The number of carboxylic acid groups (broad SMARTS) is 1. The molecule has 3 atom stereocenters. The molecule has 0 spiro atoms. The lowest BCUT2D eigenvalue weighted by Gasteiger charge is -2.28. The van der Waals surface area contributed by atoms with E-state index >= 15 is 0 Å². The minimum absolute atomic E-state index is 0.0620. The van der Waals surface area contributed by atoms with Crippen molar-refractivity contribution in [1.82, 2.24) is 20.9 Å². The molecule has 1 fully saturated rings. The second kappa shape index (κ2) is 13.2. The van der Waals surface area contributed by atoms with E-state index in [2.05, 4.69) is 16.0 Å². The Hall–Kier alpha value is -2.34. The summed E-state index contributed by atoms with van der Waals surface area (Å²) in [6, 6.07) is -2.29. The highest BCUT2D eigenvalue weighted by atomic mass is 32.2. The van der Waals surface area contributed by atoms with E-state index in [-0.39, 0.29) is 18.4 Å². The second-order valence-corrected chi connectivity index (χ2v) is 8.68. The first kappa shape index (κ1) is 26.7. The van der Waals surface area contributed by atoms with Crippen LogP contribution in [0.2, 0.25) is 0 Å². The standard InChI is InChI=1S/C19H33N5O6S/c1-11(2)16(20)19(30)24-7-4-5-13(24)18(29)21-9-14(25)23-12(6-8-31-3)17(28)22-10-15(26)27/h11-13,16H,4-10,20H2,1-3H3,(H,21,29)(H,22,28)(H,23,25)(H,26,27)/t12-,13-,16-/m0/s1. The molecule has 0 aromatic heterocycles. The smallest absolute Gasteiger partial charge is 0.322 e. The van der Waals surface area contributed by atoms with Gasteiger partial charge in [0.2, 0.25) is 23.6 Å². The predicted octanol–water partition coefficient (Wildman–Crippen LogP) is -1.48.